The molecule has 7 nitrogen and oxygen atoms in total. The van der Waals surface area contributed by atoms with Crippen LogP contribution in [0, 0.1) is 10.1 Å². The second-order valence-corrected chi connectivity index (χ2v) is 6.44. The Morgan fingerprint density at radius 2 is 2.00 bits per heavy atom. The van der Waals surface area contributed by atoms with Gasteiger partial charge in [0.05, 0.1) is 4.92 Å². The number of carbonyl (C=O) groups excluding carboxylic acids is 2. The fraction of sp³-hybridized carbons (Fsp3) is 0.222. The molecule has 0 aromatic heterocycles. The van der Waals surface area contributed by atoms with E-state index < -0.39 is 4.92 Å². The molecule has 0 radical (unpaired) electrons. The highest BCUT2D eigenvalue weighted by atomic mass is 32.1. The number of nitrogens with two attached hydrogens (primary N) is 1. The van der Waals surface area contributed by atoms with Gasteiger partial charge in [0.1, 0.15) is 0 Å². The summed E-state index contributed by atoms with van der Waals surface area (Å²) in [6, 6.07) is 9.04. The summed E-state index contributed by atoms with van der Waals surface area (Å²) in [5, 5.41) is 13.8. The number of hydrogen-bond acceptors (Lipinski definition) is 6. The zero-order valence-electron chi connectivity index (χ0n) is 13.8. The molecule has 0 saturated carbocycles. The maximum Gasteiger partial charge on any atom is 0.270 e. The van der Waals surface area contributed by atoms with Gasteiger partial charge in [-0.25, -0.2) is 0 Å². The van der Waals surface area contributed by atoms with Gasteiger partial charge in [0.2, 0.25) is 5.91 Å². The summed E-state index contributed by atoms with van der Waals surface area (Å²) < 4.78 is 0. The highest BCUT2D eigenvalue weighted by molar-refractivity contribution is 7.80. The number of thiol groups is 1. The van der Waals surface area contributed by atoms with Crippen molar-refractivity contribution < 1.29 is 14.5 Å². The van der Waals surface area contributed by atoms with Gasteiger partial charge < -0.3 is 11.1 Å². The van der Waals surface area contributed by atoms with Crippen LogP contribution in [-0.4, -0.2) is 28.4 Å². The lowest BCUT2D eigenvalue weighted by Crippen LogP contribution is -2.24. The molecule has 2 aromatic rings. The molecule has 1 amide bonds. The molecule has 134 valence electrons. The van der Waals surface area contributed by atoms with Crippen molar-refractivity contribution in [3.8, 4) is 11.1 Å². The van der Waals surface area contributed by atoms with E-state index in [1.807, 2.05) is 0 Å². The first kappa shape index (κ1) is 18.1. The summed E-state index contributed by atoms with van der Waals surface area (Å²) >= 11 is 4.09. The number of carbonyl (C=O) groups is 2. The van der Waals surface area contributed by atoms with Crippen LogP contribution in [0.2, 0.25) is 0 Å². The van der Waals surface area contributed by atoms with Crippen LogP contribution < -0.4 is 11.1 Å². The van der Waals surface area contributed by atoms with Crippen LogP contribution >= 0.6 is 12.6 Å². The third kappa shape index (κ3) is 3.33. The number of amides is 1. The molecule has 1 aliphatic rings. The van der Waals surface area contributed by atoms with E-state index >= 15 is 0 Å². The lowest BCUT2D eigenvalue weighted by atomic mass is 10.0. The molecule has 0 saturated heterocycles. The van der Waals surface area contributed by atoms with Crippen LogP contribution in [-0.2, 0) is 4.79 Å². The molecule has 0 spiro atoms. The summed E-state index contributed by atoms with van der Waals surface area (Å²) in [6.07, 6.45) is 0.749. The molecule has 1 aliphatic carbocycles. The van der Waals surface area contributed by atoms with Gasteiger partial charge in [-0.15, -0.1) is 0 Å². The molecular formula is C18H17N3O4S. The number of fused-ring (bicyclic) bond motifs is 3. The van der Waals surface area contributed by atoms with Gasteiger partial charge in [-0.05, 0) is 24.1 Å². The molecule has 1 atom stereocenters. The van der Waals surface area contributed by atoms with Crippen molar-refractivity contribution in [3.63, 3.8) is 0 Å². The Morgan fingerprint density at radius 3 is 2.69 bits per heavy atom. The Labute approximate surface area is 155 Å². The summed E-state index contributed by atoms with van der Waals surface area (Å²) in [6.45, 7) is 0. The Kier molecular flexibility index (Phi) is 5.06. The number of anilines is 1. The number of benzene rings is 2. The monoisotopic (exact) mass is 371 g/mol. The number of nitro benzene ring substituents is 1. The van der Waals surface area contributed by atoms with Gasteiger partial charge in [-0.2, -0.15) is 12.6 Å². The van der Waals surface area contributed by atoms with Crippen molar-refractivity contribution in [2.24, 2.45) is 5.73 Å². The molecule has 3 N–H and O–H groups in total. The fourth-order valence-electron chi connectivity index (χ4n) is 2.95. The smallest absolute Gasteiger partial charge is 0.270 e. The van der Waals surface area contributed by atoms with Crippen molar-refractivity contribution in [2.75, 3.05) is 11.1 Å². The van der Waals surface area contributed by atoms with Gasteiger partial charge >= 0.3 is 0 Å². The summed E-state index contributed by atoms with van der Waals surface area (Å²) in [5.74, 6) is -0.000342. The Bertz CT molecular complexity index is 913. The zero-order valence-corrected chi connectivity index (χ0v) is 14.7. The number of hydrogen-bond donors (Lipinski definition) is 3. The van der Waals surface area contributed by atoms with Crippen molar-refractivity contribution in [1.29, 1.82) is 0 Å². The van der Waals surface area contributed by atoms with E-state index in [2.05, 4.69) is 17.9 Å². The van der Waals surface area contributed by atoms with E-state index in [9.17, 15) is 19.7 Å². The van der Waals surface area contributed by atoms with Crippen molar-refractivity contribution in [3.05, 3.63) is 57.6 Å². The van der Waals surface area contributed by atoms with E-state index in [0.717, 1.165) is 0 Å². The average Bonchev–Trinajstić information content (AvgIpc) is 2.92. The second-order valence-electron chi connectivity index (χ2n) is 6.07. The molecule has 0 fully saturated rings. The first-order chi connectivity index (χ1) is 12.4. The van der Waals surface area contributed by atoms with Gasteiger partial charge in [-0.1, -0.05) is 12.1 Å². The number of nitrogens with one attached hydrogen (secondary N) is 1. The predicted molar refractivity (Wildman–Crippen MR) is 102 cm³/mol. The minimum Gasteiger partial charge on any atom is -0.327 e. The van der Waals surface area contributed by atoms with Crippen LogP contribution in [0.25, 0.3) is 11.1 Å². The first-order valence-corrected chi connectivity index (χ1v) is 8.68. The highest BCUT2D eigenvalue weighted by Gasteiger charge is 2.30. The Morgan fingerprint density at radius 1 is 1.23 bits per heavy atom. The normalized spacial score (nSPS) is 13.1. The molecule has 0 heterocycles. The van der Waals surface area contributed by atoms with E-state index in [1.165, 1.54) is 12.1 Å². The molecule has 26 heavy (non-hydrogen) atoms. The zero-order chi connectivity index (χ0) is 18.8. The quantitative estimate of drug-likeness (QED) is 0.350. The van der Waals surface area contributed by atoms with Gasteiger partial charge in [0.25, 0.3) is 5.69 Å². The first-order valence-electron chi connectivity index (χ1n) is 8.05. The number of ketones is 1. The van der Waals surface area contributed by atoms with Crippen molar-refractivity contribution in [2.45, 2.75) is 18.9 Å². The number of nitrogens with zero attached hydrogens (tertiary/aromatic N) is 1. The average molecular weight is 371 g/mol. The van der Waals surface area contributed by atoms with E-state index in [-0.39, 0.29) is 35.4 Å². The molecule has 0 aliphatic heterocycles. The Balaban J connectivity index is 1.92. The molecule has 3 rings (SSSR count). The van der Waals surface area contributed by atoms with Gasteiger partial charge in [0, 0.05) is 52.7 Å². The second kappa shape index (κ2) is 7.27. The van der Waals surface area contributed by atoms with Crippen molar-refractivity contribution in [1.82, 2.24) is 0 Å². The van der Waals surface area contributed by atoms with Gasteiger partial charge in [-0.3, -0.25) is 19.7 Å². The minimum atomic E-state index is -0.538. The maximum absolute atomic E-state index is 12.6. The van der Waals surface area contributed by atoms with Gasteiger partial charge in [0.15, 0.2) is 5.78 Å². The molecule has 8 heteroatoms. The van der Waals surface area contributed by atoms with Crippen LogP contribution in [0.15, 0.2) is 36.4 Å². The van der Waals surface area contributed by atoms with E-state index in [1.54, 1.807) is 24.3 Å². The molecular weight excluding hydrogens is 354 g/mol. The Hall–Kier alpha value is -2.71. The van der Waals surface area contributed by atoms with Crippen molar-refractivity contribution >= 4 is 35.7 Å². The van der Waals surface area contributed by atoms with E-state index in [4.69, 9.17) is 5.73 Å². The minimum absolute atomic E-state index is 0.142. The fourth-order valence-corrected chi connectivity index (χ4v) is 3.14. The van der Waals surface area contributed by atoms with Crippen LogP contribution in [0.4, 0.5) is 11.4 Å². The number of rotatable bonds is 6. The lowest BCUT2D eigenvalue weighted by molar-refractivity contribution is -0.384. The number of non-ortho nitro benzene ring substituents is 1. The molecule has 2 aromatic carbocycles. The largest absolute Gasteiger partial charge is 0.327 e. The van der Waals surface area contributed by atoms with Crippen LogP contribution in [0.3, 0.4) is 0 Å². The van der Waals surface area contributed by atoms with Crippen LogP contribution in [0.1, 0.15) is 28.8 Å². The predicted octanol–water partition coefficient (Wildman–Crippen LogP) is 2.78. The third-order valence-electron chi connectivity index (χ3n) is 4.29. The molecule has 0 bridgehead atoms. The summed E-state index contributed by atoms with van der Waals surface area (Å²) in [5.41, 5.74) is 8.00. The SMILES string of the molecule is N[C@@H](CS)CCC(=O)Nc1cccc2c1-c1ccc([N+](=O)[O-])cc1C2=O. The topological polar surface area (TPSA) is 115 Å². The van der Waals surface area contributed by atoms with E-state index in [0.29, 0.717) is 34.6 Å². The van der Waals surface area contributed by atoms with Crippen LogP contribution in [0.5, 0.6) is 0 Å². The summed E-state index contributed by atoms with van der Waals surface area (Å²) in [4.78, 5) is 35.2. The summed E-state index contributed by atoms with van der Waals surface area (Å²) in [7, 11) is 0. The molecule has 0 unspecified atom stereocenters. The standard InChI is InChI=1S/C18H17N3O4S/c19-10(9-26)4-7-16(22)20-15-3-1-2-13-17(15)12-6-5-11(21(24)25)8-14(12)18(13)23/h1-3,5-6,8,10,26H,4,7,9,19H2,(H,20,22)/t10-/m1/s1. The highest BCUT2D eigenvalue weighted by Crippen LogP contribution is 2.42. The third-order valence-corrected chi connectivity index (χ3v) is 4.76. The number of nitro groups is 1. The lowest BCUT2D eigenvalue weighted by Gasteiger charge is -2.12. The maximum atomic E-state index is 12.6.